The summed E-state index contributed by atoms with van der Waals surface area (Å²) in [7, 11) is 1.58. The van der Waals surface area contributed by atoms with Crippen LogP contribution in [-0.4, -0.2) is 42.4 Å². The fraction of sp³-hybridized carbons (Fsp3) is 0.562. The van der Waals surface area contributed by atoms with Crippen molar-refractivity contribution in [1.29, 1.82) is 0 Å². The van der Waals surface area contributed by atoms with Crippen molar-refractivity contribution in [2.45, 2.75) is 38.7 Å². The van der Waals surface area contributed by atoms with Gasteiger partial charge in [-0.2, -0.15) is 4.98 Å². The average molecular weight is 381 g/mol. The Balaban J connectivity index is 2.00. The lowest BCUT2D eigenvalue weighted by Crippen LogP contribution is -2.39. The van der Waals surface area contributed by atoms with E-state index in [1.54, 1.807) is 23.4 Å². The SMILES string of the molecule is CCn1c(OCC2NC=C(C)S2)nc2c1c(=O)n(CCCO)c(=O)n2C. The van der Waals surface area contributed by atoms with Crippen LogP contribution in [0.1, 0.15) is 20.3 Å². The first kappa shape index (κ1) is 18.6. The lowest BCUT2D eigenvalue weighted by molar-refractivity contribution is 0.275. The summed E-state index contributed by atoms with van der Waals surface area (Å²) in [6.07, 6.45) is 2.27. The molecule has 1 aliphatic heterocycles. The van der Waals surface area contributed by atoms with E-state index in [0.717, 1.165) is 4.57 Å². The minimum Gasteiger partial charge on any atom is -0.461 e. The minimum atomic E-state index is -0.448. The Bertz CT molecular complexity index is 958. The molecule has 0 fully saturated rings. The number of nitrogens with one attached hydrogen (secondary N) is 1. The quantitative estimate of drug-likeness (QED) is 0.706. The summed E-state index contributed by atoms with van der Waals surface area (Å²) < 4.78 is 10.0. The molecule has 9 nitrogen and oxygen atoms in total. The molecule has 3 heterocycles. The number of hydrogen-bond acceptors (Lipinski definition) is 7. The predicted molar refractivity (Wildman–Crippen MR) is 100 cm³/mol. The number of thioether (sulfide) groups is 1. The number of allylic oxidation sites excluding steroid dienone is 1. The molecule has 142 valence electrons. The van der Waals surface area contributed by atoms with Crippen LogP contribution in [0.15, 0.2) is 20.7 Å². The Labute approximate surface area is 154 Å². The molecular formula is C16H23N5O4S. The fourth-order valence-electron chi connectivity index (χ4n) is 2.92. The molecule has 26 heavy (non-hydrogen) atoms. The van der Waals surface area contributed by atoms with Crippen molar-refractivity contribution < 1.29 is 9.84 Å². The normalized spacial score (nSPS) is 16.8. The molecule has 1 unspecified atom stereocenters. The van der Waals surface area contributed by atoms with Gasteiger partial charge in [0.2, 0.25) is 0 Å². The van der Waals surface area contributed by atoms with Gasteiger partial charge in [0.1, 0.15) is 12.0 Å². The van der Waals surface area contributed by atoms with Gasteiger partial charge in [0.25, 0.3) is 11.6 Å². The van der Waals surface area contributed by atoms with Gasteiger partial charge >= 0.3 is 5.69 Å². The first-order valence-corrected chi connectivity index (χ1v) is 9.39. The highest BCUT2D eigenvalue weighted by Crippen LogP contribution is 2.25. The van der Waals surface area contributed by atoms with Gasteiger partial charge in [-0.05, 0) is 25.2 Å². The van der Waals surface area contributed by atoms with Crippen LogP contribution in [0.3, 0.4) is 0 Å². The zero-order valence-electron chi connectivity index (χ0n) is 15.1. The van der Waals surface area contributed by atoms with Crippen molar-refractivity contribution >= 4 is 22.9 Å². The Hall–Kier alpha value is -2.20. The van der Waals surface area contributed by atoms with Crippen LogP contribution in [0.25, 0.3) is 11.2 Å². The van der Waals surface area contributed by atoms with Crippen LogP contribution in [0.4, 0.5) is 0 Å². The summed E-state index contributed by atoms with van der Waals surface area (Å²) in [6.45, 7) is 4.86. The highest BCUT2D eigenvalue weighted by atomic mass is 32.2. The van der Waals surface area contributed by atoms with E-state index < -0.39 is 11.2 Å². The molecule has 3 rings (SSSR count). The molecule has 0 spiro atoms. The van der Waals surface area contributed by atoms with E-state index in [2.05, 4.69) is 10.3 Å². The number of fused-ring (bicyclic) bond motifs is 1. The fourth-order valence-corrected chi connectivity index (χ4v) is 3.77. The zero-order valence-corrected chi connectivity index (χ0v) is 15.9. The largest absolute Gasteiger partial charge is 0.461 e. The third kappa shape index (κ3) is 3.26. The number of aromatic nitrogens is 4. The van der Waals surface area contributed by atoms with Crippen molar-refractivity contribution in [2.75, 3.05) is 13.2 Å². The van der Waals surface area contributed by atoms with Crippen molar-refractivity contribution in [3.63, 3.8) is 0 Å². The van der Waals surface area contributed by atoms with Crippen molar-refractivity contribution in [1.82, 2.24) is 24.0 Å². The molecule has 2 aromatic heterocycles. The van der Waals surface area contributed by atoms with Crippen LogP contribution >= 0.6 is 11.8 Å². The highest BCUT2D eigenvalue weighted by Gasteiger charge is 2.22. The molecular weight excluding hydrogens is 358 g/mol. The molecule has 2 N–H and O–H groups in total. The third-order valence-electron chi connectivity index (χ3n) is 4.22. The topological polar surface area (TPSA) is 103 Å². The average Bonchev–Trinajstić information content (AvgIpc) is 3.21. The predicted octanol–water partition coefficient (Wildman–Crippen LogP) is 0.202. The molecule has 0 radical (unpaired) electrons. The minimum absolute atomic E-state index is 0.0881. The Kier molecular flexibility index (Phi) is 5.42. The summed E-state index contributed by atoms with van der Waals surface area (Å²) in [5.74, 6) is 0. The summed E-state index contributed by atoms with van der Waals surface area (Å²) in [6, 6.07) is 0.321. The number of hydrogen-bond donors (Lipinski definition) is 2. The van der Waals surface area contributed by atoms with Gasteiger partial charge < -0.3 is 15.2 Å². The van der Waals surface area contributed by atoms with E-state index in [1.165, 1.54) is 9.47 Å². The summed E-state index contributed by atoms with van der Waals surface area (Å²) >= 11 is 1.67. The van der Waals surface area contributed by atoms with E-state index >= 15 is 0 Å². The summed E-state index contributed by atoms with van der Waals surface area (Å²) in [5, 5.41) is 12.3. The van der Waals surface area contributed by atoms with Crippen LogP contribution in [-0.2, 0) is 20.1 Å². The first-order valence-electron chi connectivity index (χ1n) is 8.51. The van der Waals surface area contributed by atoms with Gasteiger partial charge in [-0.25, -0.2) is 4.79 Å². The lowest BCUT2D eigenvalue weighted by Gasteiger charge is -2.12. The maximum absolute atomic E-state index is 12.8. The molecule has 1 atom stereocenters. The van der Waals surface area contributed by atoms with Crippen LogP contribution in [0, 0.1) is 0 Å². The van der Waals surface area contributed by atoms with Gasteiger partial charge in [-0.15, -0.1) is 11.8 Å². The number of ether oxygens (including phenoxy) is 1. The molecule has 0 bridgehead atoms. The summed E-state index contributed by atoms with van der Waals surface area (Å²) in [5.41, 5.74) is -0.218. The van der Waals surface area contributed by atoms with Crippen LogP contribution in [0.2, 0.25) is 0 Å². The second kappa shape index (κ2) is 7.58. The van der Waals surface area contributed by atoms with Crippen molar-refractivity contribution in [3.8, 4) is 6.01 Å². The lowest BCUT2D eigenvalue weighted by atomic mass is 10.4. The molecule has 0 aromatic carbocycles. The Morgan fingerprint density at radius 3 is 2.77 bits per heavy atom. The molecule has 1 aliphatic rings. The molecule has 0 saturated carbocycles. The smallest absolute Gasteiger partial charge is 0.332 e. The molecule has 0 aliphatic carbocycles. The van der Waals surface area contributed by atoms with Crippen molar-refractivity contribution in [2.24, 2.45) is 7.05 Å². The van der Waals surface area contributed by atoms with E-state index in [9.17, 15) is 9.59 Å². The maximum atomic E-state index is 12.8. The van der Waals surface area contributed by atoms with Gasteiger partial charge in [0.15, 0.2) is 11.2 Å². The molecule has 10 heteroatoms. The monoisotopic (exact) mass is 381 g/mol. The van der Waals surface area contributed by atoms with E-state index in [4.69, 9.17) is 9.84 Å². The van der Waals surface area contributed by atoms with E-state index in [-0.39, 0.29) is 18.5 Å². The van der Waals surface area contributed by atoms with Crippen LogP contribution < -0.4 is 21.3 Å². The number of nitrogens with zero attached hydrogens (tertiary/aromatic N) is 4. The molecule has 0 amide bonds. The number of rotatable bonds is 7. The third-order valence-corrected chi connectivity index (χ3v) is 5.26. The number of aliphatic hydroxyl groups is 1. The summed E-state index contributed by atoms with van der Waals surface area (Å²) in [4.78, 5) is 30.9. The second-order valence-corrected chi connectivity index (χ2v) is 7.47. The van der Waals surface area contributed by atoms with E-state index in [0.29, 0.717) is 36.7 Å². The first-order chi connectivity index (χ1) is 12.5. The van der Waals surface area contributed by atoms with Gasteiger partial charge in [-0.3, -0.25) is 18.5 Å². The highest BCUT2D eigenvalue weighted by molar-refractivity contribution is 8.03. The van der Waals surface area contributed by atoms with Gasteiger partial charge in [0.05, 0.1) is 0 Å². The molecule has 2 aromatic rings. The number of aliphatic hydroxyl groups excluding tert-OH is 1. The van der Waals surface area contributed by atoms with Gasteiger partial charge in [0, 0.05) is 32.9 Å². The standard InChI is InChI=1S/C16H23N5O4S/c1-4-20-12-13(18-15(20)25-9-11-17-8-10(2)26-11)19(3)16(24)21(14(12)23)6-5-7-22/h8,11,17,22H,4-7,9H2,1-3H3. The molecule has 0 saturated heterocycles. The van der Waals surface area contributed by atoms with Gasteiger partial charge in [-0.1, -0.05) is 0 Å². The van der Waals surface area contributed by atoms with Crippen LogP contribution in [0.5, 0.6) is 6.01 Å². The Morgan fingerprint density at radius 1 is 1.38 bits per heavy atom. The maximum Gasteiger partial charge on any atom is 0.332 e. The number of aryl methyl sites for hydroxylation is 2. The Morgan fingerprint density at radius 2 is 2.15 bits per heavy atom. The number of imidazole rings is 1. The zero-order chi connectivity index (χ0) is 18.8. The van der Waals surface area contributed by atoms with Crippen molar-refractivity contribution in [3.05, 3.63) is 31.9 Å². The van der Waals surface area contributed by atoms with E-state index in [1.807, 2.05) is 20.0 Å². The second-order valence-electron chi connectivity index (χ2n) is 6.03.